The van der Waals surface area contributed by atoms with Crippen molar-refractivity contribution in [3.63, 3.8) is 0 Å². The number of amides is 2. The standard InChI is InChI=1S/C13H9F6N5O4S.C10H4Cl5N3O2/c1-28-11-21-8(13(17,18)19)20-9(23-11)22-10(25)24-29(26,27)7-5-3-2-4-6(7)12(14,15)16;11-4-1-2-6(5(12)3-4)18-9(10(13,14)15)16-7(17-18)8(19)20/h2-5H,1H3,(H2,20,21,22,23,24,25);1-3H,(H,19,20). The summed E-state index contributed by atoms with van der Waals surface area (Å²) in [6.07, 6.45) is -10.1. The highest BCUT2D eigenvalue weighted by atomic mass is 35.6. The molecule has 0 saturated heterocycles. The number of rotatable bonds is 6. The molecule has 0 atom stereocenters. The Bertz CT molecular complexity index is 1990. The number of carboxylic acids is 1. The zero-order valence-corrected chi connectivity index (χ0v) is 27.9. The molecule has 0 saturated carbocycles. The van der Waals surface area contributed by atoms with Gasteiger partial charge in [0.05, 0.1) is 28.3 Å². The lowest BCUT2D eigenvalue weighted by Crippen LogP contribution is -2.36. The van der Waals surface area contributed by atoms with Crippen molar-refractivity contribution in [3.05, 3.63) is 75.5 Å². The van der Waals surface area contributed by atoms with Crippen molar-refractivity contribution in [3.8, 4) is 11.7 Å². The first-order valence-corrected chi connectivity index (χ1v) is 15.4. The number of hydrogen-bond donors (Lipinski definition) is 3. The molecule has 2 aromatic heterocycles. The van der Waals surface area contributed by atoms with Crippen LogP contribution in [0.3, 0.4) is 0 Å². The van der Waals surface area contributed by atoms with Gasteiger partial charge in [-0.25, -0.2) is 32.4 Å². The lowest BCUT2D eigenvalue weighted by Gasteiger charge is -2.14. The third-order valence-corrected chi connectivity index (χ3v) is 7.61. The number of aromatic carboxylic acids is 1. The predicted molar refractivity (Wildman–Crippen MR) is 160 cm³/mol. The summed E-state index contributed by atoms with van der Waals surface area (Å²) < 4.78 is 106. The van der Waals surface area contributed by atoms with Crippen molar-refractivity contribution in [1.82, 2.24) is 34.4 Å². The lowest BCUT2D eigenvalue weighted by molar-refractivity contribution is -0.145. The number of halogens is 11. The molecule has 2 aromatic carbocycles. The molecule has 2 amide bonds. The first-order valence-electron chi connectivity index (χ1n) is 12.0. The van der Waals surface area contributed by atoms with Gasteiger partial charge in [-0.15, -0.1) is 5.10 Å². The van der Waals surface area contributed by atoms with E-state index in [0.29, 0.717) is 17.2 Å². The van der Waals surface area contributed by atoms with Crippen LogP contribution >= 0.6 is 58.0 Å². The number of alkyl halides is 9. The molecule has 0 radical (unpaired) electrons. The molecule has 0 spiro atoms. The largest absolute Gasteiger partial charge is 0.475 e. The molecule has 26 heteroatoms. The summed E-state index contributed by atoms with van der Waals surface area (Å²) in [5.41, 5.74) is -1.26. The average molecular weight is 821 g/mol. The van der Waals surface area contributed by atoms with Crippen LogP contribution in [0.5, 0.6) is 6.01 Å². The topological polar surface area (TPSA) is 191 Å². The molecular formula is C23H13Cl5F6N8O6S. The van der Waals surface area contributed by atoms with Gasteiger partial charge in [0.25, 0.3) is 15.8 Å². The van der Waals surface area contributed by atoms with E-state index in [1.807, 2.05) is 0 Å². The van der Waals surface area contributed by atoms with E-state index in [9.17, 15) is 44.3 Å². The number of carbonyl (C=O) groups is 2. The molecule has 0 bridgehead atoms. The van der Waals surface area contributed by atoms with E-state index >= 15 is 0 Å². The number of carboxylic acid groups (broad SMARTS) is 1. The smallest absolute Gasteiger partial charge is 0.451 e. The summed E-state index contributed by atoms with van der Waals surface area (Å²) in [4.78, 5) is 34.2. The zero-order chi connectivity index (χ0) is 37.1. The summed E-state index contributed by atoms with van der Waals surface area (Å²) in [6, 6.07) is 4.88. The Labute approximate surface area is 294 Å². The molecular weight excluding hydrogens is 808 g/mol. The Balaban J connectivity index is 0.000000284. The Morgan fingerprint density at radius 2 is 1.55 bits per heavy atom. The minimum atomic E-state index is -5.05. The van der Waals surface area contributed by atoms with Gasteiger partial charge in [0.2, 0.25) is 15.6 Å². The monoisotopic (exact) mass is 818 g/mol. The molecule has 0 aliphatic heterocycles. The highest BCUT2D eigenvalue weighted by molar-refractivity contribution is 7.90. The molecule has 4 rings (SSSR count). The number of aromatic nitrogens is 6. The molecule has 14 nitrogen and oxygen atoms in total. The highest BCUT2D eigenvalue weighted by Crippen LogP contribution is 2.39. The van der Waals surface area contributed by atoms with Crippen LogP contribution in [0.25, 0.3) is 5.69 Å². The van der Waals surface area contributed by atoms with E-state index < -0.39 is 72.2 Å². The van der Waals surface area contributed by atoms with Crippen molar-refractivity contribution in [2.24, 2.45) is 0 Å². The molecule has 0 fully saturated rings. The second kappa shape index (κ2) is 14.9. The normalized spacial score (nSPS) is 12.1. The van der Waals surface area contributed by atoms with Gasteiger partial charge in [-0.1, -0.05) is 70.1 Å². The average Bonchev–Trinajstić information content (AvgIpc) is 3.43. The van der Waals surface area contributed by atoms with Gasteiger partial charge in [0, 0.05) is 5.02 Å². The van der Waals surface area contributed by atoms with E-state index in [-0.39, 0.29) is 16.5 Å². The minimum absolute atomic E-state index is 0.191. The van der Waals surface area contributed by atoms with Crippen LogP contribution in [0.15, 0.2) is 47.4 Å². The number of ether oxygens (including phenoxy) is 1. The van der Waals surface area contributed by atoms with Crippen molar-refractivity contribution in [1.29, 1.82) is 0 Å². The van der Waals surface area contributed by atoms with Crippen LogP contribution in [0.1, 0.15) is 27.8 Å². The number of anilines is 1. The van der Waals surface area contributed by atoms with Gasteiger partial charge in [-0.3, -0.25) is 5.32 Å². The molecule has 2 heterocycles. The second-order valence-corrected chi connectivity index (χ2v) is 13.4. The molecule has 0 unspecified atom stereocenters. The predicted octanol–water partition coefficient (Wildman–Crippen LogP) is 6.53. The molecule has 0 aliphatic carbocycles. The summed E-state index contributed by atoms with van der Waals surface area (Å²) in [7, 11) is -4.14. The van der Waals surface area contributed by atoms with Crippen LogP contribution in [-0.4, -0.2) is 62.4 Å². The lowest BCUT2D eigenvalue weighted by atomic mass is 10.2. The van der Waals surface area contributed by atoms with Crippen molar-refractivity contribution in [2.75, 3.05) is 12.4 Å². The fourth-order valence-electron chi connectivity index (χ4n) is 3.28. The minimum Gasteiger partial charge on any atom is -0.475 e. The zero-order valence-electron chi connectivity index (χ0n) is 23.3. The summed E-state index contributed by atoms with van der Waals surface area (Å²) in [5, 5.41) is 14.8. The third kappa shape index (κ3) is 10.3. The van der Waals surface area contributed by atoms with Crippen molar-refractivity contribution >= 4 is 86.0 Å². The Hall–Kier alpha value is -3.89. The number of urea groups is 1. The van der Waals surface area contributed by atoms with E-state index in [1.54, 1.807) is 5.32 Å². The summed E-state index contributed by atoms with van der Waals surface area (Å²) in [6.45, 7) is 0. The summed E-state index contributed by atoms with van der Waals surface area (Å²) in [5.74, 6) is -4.88. The highest BCUT2D eigenvalue weighted by Gasteiger charge is 2.38. The van der Waals surface area contributed by atoms with Gasteiger partial charge in [0.1, 0.15) is 0 Å². The second-order valence-electron chi connectivity index (χ2n) is 8.59. The first kappa shape index (κ1) is 39.5. The maximum absolute atomic E-state index is 13.0. The number of nitrogens with one attached hydrogen (secondary N) is 2. The number of methoxy groups -OCH3 is 1. The van der Waals surface area contributed by atoms with Crippen LogP contribution in [0.2, 0.25) is 10.0 Å². The fraction of sp³-hybridized carbons (Fsp3) is 0.174. The summed E-state index contributed by atoms with van der Waals surface area (Å²) >= 11 is 29.1. The van der Waals surface area contributed by atoms with Gasteiger partial charge < -0.3 is 9.84 Å². The number of sulfonamides is 1. The Morgan fingerprint density at radius 1 is 0.918 bits per heavy atom. The Kier molecular flexibility index (Phi) is 12.0. The Morgan fingerprint density at radius 3 is 2.08 bits per heavy atom. The van der Waals surface area contributed by atoms with E-state index in [2.05, 4.69) is 29.8 Å². The maximum Gasteiger partial charge on any atom is 0.451 e. The van der Waals surface area contributed by atoms with Gasteiger partial charge in [-0.2, -0.15) is 41.3 Å². The molecule has 264 valence electrons. The molecule has 3 N–H and O–H groups in total. The van der Waals surface area contributed by atoms with Crippen molar-refractivity contribution in [2.45, 2.75) is 21.0 Å². The SMILES string of the molecule is COc1nc(NC(=O)NS(=O)(=O)c2ccccc2C(F)(F)F)nc(C(F)(F)F)n1.O=C(O)c1nc(C(Cl)(Cl)Cl)n(-c2ccc(Cl)cc2Cl)n1. The van der Waals surface area contributed by atoms with Crippen molar-refractivity contribution < 1.29 is 54.2 Å². The number of carbonyl (C=O) groups excluding carboxylic acids is 1. The third-order valence-electron chi connectivity index (χ3n) is 5.18. The van der Waals surface area contributed by atoms with Crippen LogP contribution < -0.4 is 14.8 Å². The van der Waals surface area contributed by atoms with E-state index in [4.69, 9.17) is 63.1 Å². The van der Waals surface area contributed by atoms with E-state index in [1.165, 1.54) is 22.9 Å². The quantitative estimate of drug-likeness (QED) is 0.142. The maximum atomic E-state index is 13.0. The molecule has 0 aliphatic rings. The molecule has 4 aromatic rings. The van der Waals surface area contributed by atoms with Crippen LogP contribution in [-0.2, 0) is 26.2 Å². The number of hydrogen-bond acceptors (Lipinski definition) is 10. The van der Waals surface area contributed by atoms with Crippen LogP contribution in [0, 0.1) is 0 Å². The number of benzene rings is 2. The first-order chi connectivity index (χ1) is 22.4. The van der Waals surface area contributed by atoms with Gasteiger partial charge in [-0.05, 0) is 30.3 Å². The van der Waals surface area contributed by atoms with E-state index in [0.717, 1.165) is 23.9 Å². The van der Waals surface area contributed by atoms with Gasteiger partial charge in [0.15, 0.2) is 5.82 Å². The number of nitrogens with zero attached hydrogens (tertiary/aromatic N) is 6. The fourth-order valence-corrected chi connectivity index (χ4v) is 5.27. The molecule has 49 heavy (non-hydrogen) atoms. The van der Waals surface area contributed by atoms with Crippen LogP contribution in [0.4, 0.5) is 37.1 Å². The van der Waals surface area contributed by atoms with Gasteiger partial charge >= 0.3 is 30.4 Å².